The second-order valence-electron chi connectivity index (χ2n) is 5.65. The highest BCUT2D eigenvalue weighted by atomic mass is 79.9. The van der Waals surface area contributed by atoms with Crippen molar-refractivity contribution in [3.05, 3.63) is 33.3 Å². The van der Waals surface area contributed by atoms with E-state index in [0.29, 0.717) is 0 Å². The molecule has 4 heteroatoms. The SMILES string of the molecule is CN(CCNC(C)(C)C)Cc1ccc(Br)cc1Cl. The summed E-state index contributed by atoms with van der Waals surface area (Å²) in [6.07, 6.45) is 0. The summed E-state index contributed by atoms with van der Waals surface area (Å²) in [5.74, 6) is 0. The fourth-order valence-corrected chi connectivity index (χ4v) is 2.37. The van der Waals surface area contributed by atoms with Crippen LogP contribution in [0.25, 0.3) is 0 Å². The molecule has 0 amide bonds. The van der Waals surface area contributed by atoms with Crippen molar-refractivity contribution in [3.8, 4) is 0 Å². The first-order valence-corrected chi connectivity index (χ1v) is 7.32. The fraction of sp³-hybridized carbons (Fsp3) is 0.571. The number of halogens is 2. The van der Waals surface area contributed by atoms with Gasteiger partial charge in [-0.15, -0.1) is 0 Å². The summed E-state index contributed by atoms with van der Waals surface area (Å²) in [4.78, 5) is 2.27. The molecule has 1 rings (SSSR count). The van der Waals surface area contributed by atoms with Gasteiger partial charge in [0.15, 0.2) is 0 Å². The molecule has 0 aromatic heterocycles. The Balaban J connectivity index is 2.42. The third kappa shape index (κ3) is 6.19. The number of benzene rings is 1. The average molecular weight is 334 g/mol. The van der Waals surface area contributed by atoms with Gasteiger partial charge in [0, 0.05) is 34.7 Å². The van der Waals surface area contributed by atoms with E-state index < -0.39 is 0 Å². The molecule has 102 valence electrons. The highest BCUT2D eigenvalue weighted by Crippen LogP contribution is 2.22. The van der Waals surface area contributed by atoms with E-state index in [1.807, 2.05) is 12.1 Å². The van der Waals surface area contributed by atoms with Crippen molar-refractivity contribution in [1.82, 2.24) is 10.2 Å². The van der Waals surface area contributed by atoms with Crippen LogP contribution in [0.1, 0.15) is 26.3 Å². The minimum absolute atomic E-state index is 0.177. The Labute approximate surface area is 124 Å². The largest absolute Gasteiger partial charge is 0.311 e. The summed E-state index contributed by atoms with van der Waals surface area (Å²) in [6.45, 7) is 9.39. The third-order valence-corrected chi connectivity index (χ3v) is 3.45. The van der Waals surface area contributed by atoms with Crippen molar-refractivity contribution in [3.63, 3.8) is 0 Å². The molecule has 1 aromatic carbocycles. The highest BCUT2D eigenvalue weighted by Gasteiger charge is 2.09. The Morgan fingerprint density at radius 2 is 2.00 bits per heavy atom. The Morgan fingerprint density at radius 1 is 1.33 bits per heavy atom. The highest BCUT2D eigenvalue weighted by molar-refractivity contribution is 9.10. The zero-order valence-electron chi connectivity index (χ0n) is 11.6. The van der Waals surface area contributed by atoms with E-state index in [1.54, 1.807) is 0 Å². The van der Waals surface area contributed by atoms with Gasteiger partial charge in [0.2, 0.25) is 0 Å². The van der Waals surface area contributed by atoms with Gasteiger partial charge in [-0.2, -0.15) is 0 Å². The predicted molar refractivity (Wildman–Crippen MR) is 83.2 cm³/mol. The molecule has 0 fully saturated rings. The Kier molecular flexibility index (Phi) is 6.12. The molecule has 0 radical (unpaired) electrons. The second kappa shape index (κ2) is 6.90. The molecule has 18 heavy (non-hydrogen) atoms. The molecule has 0 bridgehead atoms. The van der Waals surface area contributed by atoms with Crippen LogP contribution in [0.5, 0.6) is 0 Å². The molecule has 0 aliphatic rings. The molecule has 0 spiro atoms. The van der Waals surface area contributed by atoms with E-state index in [2.05, 4.69) is 60.0 Å². The maximum absolute atomic E-state index is 6.21. The molecule has 0 atom stereocenters. The zero-order valence-corrected chi connectivity index (χ0v) is 13.9. The van der Waals surface area contributed by atoms with Crippen LogP contribution in [0.3, 0.4) is 0 Å². The van der Waals surface area contributed by atoms with Gasteiger partial charge < -0.3 is 10.2 Å². The summed E-state index contributed by atoms with van der Waals surface area (Å²) in [6, 6.07) is 6.04. The van der Waals surface area contributed by atoms with Crippen LogP contribution in [0.15, 0.2) is 22.7 Å². The summed E-state index contributed by atoms with van der Waals surface area (Å²) in [7, 11) is 2.11. The Hall–Kier alpha value is -0.0900. The van der Waals surface area contributed by atoms with Gasteiger partial charge in [0.25, 0.3) is 0 Å². The number of nitrogens with one attached hydrogen (secondary N) is 1. The monoisotopic (exact) mass is 332 g/mol. The van der Waals surface area contributed by atoms with E-state index in [4.69, 9.17) is 11.6 Å². The molecule has 0 saturated carbocycles. The van der Waals surface area contributed by atoms with E-state index in [-0.39, 0.29) is 5.54 Å². The first kappa shape index (κ1) is 16.0. The van der Waals surface area contributed by atoms with Gasteiger partial charge >= 0.3 is 0 Å². The summed E-state index contributed by atoms with van der Waals surface area (Å²) < 4.78 is 1.02. The molecule has 1 N–H and O–H groups in total. The van der Waals surface area contributed by atoms with E-state index in [1.165, 1.54) is 0 Å². The number of rotatable bonds is 5. The number of likely N-dealkylation sites (N-methyl/N-ethyl adjacent to an activating group) is 1. The van der Waals surface area contributed by atoms with Crippen LogP contribution < -0.4 is 5.32 Å². The minimum atomic E-state index is 0.177. The van der Waals surface area contributed by atoms with E-state index >= 15 is 0 Å². The molecule has 0 aliphatic heterocycles. The first-order valence-electron chi connectivity index (χ1n) is 6.15. The molecule has 0 heterocycles. The minimum Gasteiger partial charge on any atom is -0.311 e. The van der Waals surface area contributed by atoms with Crippen LogP contribution in [-0.4, -0.2) is 30.6 Å². The lowest BCUT2D eigenvalue weighted by Crippen LogP contribution is -2.40. The molecular formula is C14H22BrClN2. The van der Waals surface area contributed by atoms with Crippen molar-refractivity contribution >= 4 is 27.5 Å². The zero-order chi connectivity index (χ0) is 13.8. The van der Waals surface area contributed by atoms with Crippen molar-refractivity contribution in [2.75, 3.05) is 20.1 Å². The fourth-order valence-electron chi connectivity index (χ4n) is 1.64. The summed E-state index contributed by atoms with van der Waals surface area (Å²) in [5.41, 5.74) is 1.34. The molecule has 2 nitrogen and oxygen atoms in total. The van der Waals surface area contributed by atoms with Crippen LogP contribution in [0, 0.1) is 0 Å². The average Bonchev–Trinajstić information content (AvgIpc) is 2.20. The van der Waals surface area contributed by atoms with Gasteiger partial charge in [-0.3, -0.25) is 0 Å². The van der Waals surface area contributed by atoms with E-state index in [9.17, 15) is 0 Å². The van der Waals surface area contributed by atoms with Crippen molar-refractivity contribution < 1.29 is 0 Å². The van der Waals surface area contributed by atoms with Gasteiger partial charge in [0.1, 0.15) is 0 Å². The third-order valence-electron chi connectivity index (χ3n) is 2.60. The van der Waals surface area contributed by atoms with Crippen LogP contribution >= 0.6 is 27.5 Å². The number of hydrogen-bond acceptors (Lipinski definition) is 2. The summed E-state index contributed by atoms with van der Waals surface area (Å²) >= 11 is 9.63. The smallest absolute Gasteiger partial charge is 0.0462 e. The molecule has 0 saturated heterocycles. The Bertz CT molecular complexity index is 388. The second-order valence-corrected chi connectivity index (χ2v) is 6.97. The van der Waals surface area contributed by atoms with Crippen molar-refractivity contribution in [1.29, 1.82) is 0 Å². The molecule has 1 aromatic rings. The van der Waals surface area contributed by atoms with Crippen LogP contribution in [-0.2, 0) is 6.54 Å². The van der Waals surface area contributed by atoms with Gasteiger partial charge in [-0.1, -0.05) is 33.6 Å². The lowest BCUT2D eigenvalue weighted by molar-refractivity contribution is 0.303. The molecule has 0 aliphatic carbocycles. The van der Waals surface area contributed by atoms with Crippen molar-refractivity contribution in [2.45, 2.75) is 32.9 Å². The first-order chi connectivity index (χ1) is 8.28. The molecular weight excluding hydrogens is 312 g/mol. The maximum atomic E-state index is 6.21. The summed E-state index contributed by atoms with van der Waals surface area (Å²) in [5, 5.41) is 4.30. The lowest BCUT2D eigenvalue weighted by atomic mass is 10.1. The molecule has 0 unspecified atom stereocenters. The Morgan fingerprint density at radius 3 is 2.56 bits per heavy atom. The van der Waals surface area contributed by atoms with Gasteiger partial charge in [0.05, 0.1) is 0 Å². The van der Waals surface area contributed by atoms with Gasteiger partial charge in [-0.25, -0.2) is 0 Å². The predicted octanol–water partition coefficient (Wildman–Crippen LogP) is 3.92. The number of nitrogens with zero attached hydrogens (tertiary/aromatic N) is 1. The maximum Gasteiger partial charge on any atom is 0.0462 e. The topological polar surface area (TPSA) is 15.3 Å². The number of hydrogen-bond donors (Lipinski definition) is 1. The van der Waals surface area contributed by atoms with Crippen molar-refractivity contribution in [2.24, 2.45) is 0 Å². The lowest BCUT2D eigenvalue weighted by Gasteiger charge is -2.23. The van der Waals surface area contributed by atoms with Gasteiger partial charge in [-0.05, 0) is 45.5 Å². The van der Waals surface area contributed by atoms with Crippen LogP contribution in [0.2, 0.25) is 5.02 Å². The normalized spacial score (nSPS) is 12.2. The van der Waals surface area contributed by atoms with Crippen LogP contribution in [0.4, 0.5) is 0 Å². The quantitative estimate of drug-likeness (QED) is 0.878. The standard InChI is InChI=1S/C14H22BrClN2/c1-14(2,3)17-7-8-18(4)10-11-5-6-12(15)9-13(11)16/h5-6,9,17H,7-8,10H2,1-4H3. The van der Waals surface area contributed by atoms with E-state index in [0.717, 1.165) is 34.7 Å².